The van der Waals surface area contributed by atoms with Gasteiger partial charge in [0, 0.05) is 22.7 Å². The maximum atomic E-state index is 13.7. The fourth-order valence-electron chi connectivity index (χ4n) is 2.03. The van der Waals surface area contributed by atoms with Crippen molar-refractivity contribution in [1.82, 2.24) is 10.3 Å². The minimum absolute atomic E-state index is 0.0484. The highest BCUT2D eigenvalue weighted by Crippen LogP contribution is 2.25. The summed E-state index contributed by atoms with van der Waals surface area (Å²) in [4.78, 5) is 5.39. The van der Waals surface area contributed by atoms with Crippen molar-refractivity contribution in [3.63, 3.8) is 0 Å². The maximum Gasteiger partial charge on any atom is 0.130 e. The van der Waals surface area contributed by atoms with E-state index < -0.39 is 17.7 Å². The molecular weight excluding hydrogens is 266 g/mol. The minimum Gasteiger partial charge on any atom is -0.301 e. The molecule has 0 saturated heterocycles. The Labute approximate surface area is 115 Å². The number of halogens is 2. The molecule has 0 saturated carbocycles. The fraction of sp³-hybridized carbons (Fsp3) is 0.357. The van der Waals surface area contributed by atoms with Crippen molar-refractivity contribution in [1.29, 1.82) is 0 Å². The predicted octanol–water partition coefficient (Wildman–Crippen LogP) is 4.14. The summed E-state index contributed by atoms with van der Waals surface area (Å²) >= 11 is 1.58. The Morgan fingerprint density at radius 1 is 1.16 bits per heavy atom. The van der Waals surface area contributed by atoms with Crippen LogP contribution in [0.15, 0.2) is 24.4 Å². The van der Waals surface area contributed by atoms with Crippen LogP contribution < -0.4 is 5.32 Å². The predicted molar refractivity (Wildman–Crippen MR) is 73.2 cm³/mol. The number of aromatic nitrogens is 1. The van der Waals surface area contributed by atoms with E-state index in [4.69, 9.17) is 0 Å². The van der Waals surface area contributed by atoms with Crippen LogP contribution in [-0.2, 0) is 0 Å². The second-order valence-electron chi connectivity index (χ2n) is 4.55. The van der Waals surface area contributed by atoms with Crippen molar-refractivity contribution in [3.8, 4) is 0 Å². The molecule has 0 bridgehead atoms. The molecule has 5 heteroatoms. The number of thiazole rings is 1. The van der Waals surface area contributed by atoms with Crippen molar-refractivity contribution < 1.29 is 8.78 Å². The molecule has 2 nitrogen and oxygen atoms in total. The monoisotopic (exact) mass is 282 g/mol. The number of hydrogen-bond acceptors (Lipinski definition) is 3. The highest BCUT2D eigenvalue weighted by molar-refractivity contribution is 7.11. The first kappa shape index (κ1) is 14.1. The molecule has 1 heterocycles. The summed E-state index contributed by atoms with van der Waals surface area (Å²) in [6.45, 7) is 5.67. The van der Waals surface area contributed by atoms with Crippen LogP contribution in [0.4, 0.5) is 8.78 Å². The third-order valence-electron chi connectivity index (χ3n) is 2.94. The van der Waals surface area contributed by atoms with Gasteiger partial charge in [0.2, 0.25) is 0 Å². The van der Waals surface area contributed by atoms with Crippen LogP contribution in [0.1, 0.15) is 41.4 Å². The smallest absolute Gasteiger partial charge is 0.130 e. The number of aryl methyl sites for hydroxylation is 1. The number of nitrogens with one attached hydrogen (secondary N) is 1. The van der Waals surface area contributed by atoms with Crippen LogP contribution in [0.3, 0.4) is 0 Å². The Morgan fingerprint density at radius 3 is 2.32 bits per heavy atom. The standard InChI is InChI=1S/C14H16F2N2S/c1-8-7-17-14(19-8)10(3)18-9(2)13-11(15)5-4-6-12(13)16/h4-7,9-10,18H,1-3H3. The van der Waals surface area contributed by atoms with Crippen LogP contribution in [0, 0.1) is 18.6 Å². The number of hydrogen-bond donors (Lipinski definition) is 1. The van der Waals surface area contributed by atoms with Gasteiger partial charge in [-0.1, -0.05) is 6.07 Å². The van der Waals surface area contributed by atoms with E-state index in [-0.39, 0.29) is 11.6 Å². The number of rotatable bonds is 4. The van der Waals surface area contributed by atoms with Gasteiger partial charge in [0.25, 0.3) is 0 Å². The molecule has 0 fully saturated rings. The van der Waals surface area contributed by atoms with E-state index >= 15 is 0 Å². The van der Waals surface area contributed by atoms with Crippen molar-refractivity contribution in [2.45, 2.75) is 32.9 Å². The van der Waals surface area contributed by atoms with Crippen LogP contribution in [0.2, 0.25) is 0 Å². The van der Waals surface area contributed by atoms with E-state index in [1.165, 1.54) is 18.2 Å². The van der Waals surface area contributed by atoms with Gasteiger partial charge < -0.3 is 5.32 Å². The summed E-state index contributed by atoms with van der Waals surface area (Å²) in [6, 6.07) is 3.45. The summed E-state index contributed by atoms with van der Waals surface area (Å²) in [5.41, 5.74) is 0.0719. The van der Waals surface area contributed by atoms with Gasteiger partial charge in [0.1, 0.15) is 16.6 Å². The Balaban J connectivity index is 2.15. The van der Waals surface area contributed by atoms with E-state index in [2.05, 4.69) is 10.3 Å². The zero-order valence-electron chi connectivity index (χ0n) is 11.1. The number of nitrogens with zero attached hydrogens (tertiary/aromatic N) is 1. The summed E-state index contributed by atoms with van der Waals surface area (Å²) in [5, 5.41) is 4.09. The van der Waals surface area contributed by atoms with E-state index in [9.17, 15) is 8.78 Å². The van der Waals surface area contributed by atoms with Crippen molar-refractivity contribution in [2.75, 3.05) is 0 Å². The zero-order chi connectivity index (χ0) is 14.0. The molecule has 0 radical (unpaired) electrons. The maximum absolute atomic E-state index is 13.7. The second kappa shape index (κ2) is 5.75. The molecule has 2 rings (SSSR count). The molecule has 102 valence electrons. The van der Waals surface area contributed by atoms with Gasteiger partial charge in [-0.3, -0.25) is 0 Å². The molecule has 19 heavy (non-hydrogen) atoms. The molecule has 1 N–H and O–H groups in total. The Bertz CT molecular complexity index is 548. The molecular formula is C14H16F2N2S. The van der Waals surface area contributed by atoms with Gasteiger partial charge in [-0.2, -0.15) is 0 Å². The fourth-order valence-corrected chi connectivity index (χ4v) is 2.81. The molecule has 2 unspecified atom stereocenters. The lowest BCUT2D eigenvalue weighted by molar-refractivity contribution is 0.449. The largest absolute Gasteiger partial charge is 0.301 e. The second-order valence-corrected chi connectivity index (χ2v) is 5.82. The van der Waals surface area contributed by atoms with Crippen LogP contribution in [0.5, 0.6) is 0 Å². The Morgan fingerprint density at radius 2 is 1.79 bits per heavy atom. The Kier molecular flexibility index (Phi) is 4.27. The van der Waals surface area contributed by atoms with Crippen LogP contribution in [0.25, 0.3) is 0 Å². The van der Waals surface area contributed by atoms with Crippen LogP contribution >= 0.6 is 11.3 Å². The van der Waals surface area contributed by atoms with Crippen molar-refractivity contribution in [2.24, 2.45) is 0 Å². The summed E-state index contributed by atoms with van der Waals surface area (Å²) < 4.78 is 27.3. The quantitative estimate of drug-likeness (QED) is 0.911. The zero-order valence-corrected chi connectivity index (χ0v) is 11.9. The normalized spacial score (nSPS) is 14.4. The van der Waals surface area contributed by atoms with Crippen molar-refractivity contribution in [3.05, 3.63) is 51.5 Å². The molecule has 0 aliphatic rings. The van der Waals surface area contributed by atoms with E-state index in [1.807, 2.05) is 13.8 Å². The van der Waals surface area contributed by atoms with Gasteiger partial charge in [-0.25, -0.2) is 13.8 Å². The first-order valence-corrected chi connectivity index (χ1v) is 6.93. The van der Waals surface area contributed by atoms with E-state index in [0.717, 1.165) is 9.88 Å². The molecule has 0 aliphatic heterocycles. The highest BCUT2D eigenvalue weighted by atomic mass is 32.1. The topological polar surface area (TPSA) is 24.9 Å². The lowest BCUT2D eigenvalue weighted by atomic mass is 10.1. The highest BCUT2D eigenvalue weighted by Gasteiger charge is 2.19. The third kappa shape index (κ3) is 3.16. The first-order chi connectivity index (χ1) is 8.99. The molecule has 1 aromatic carbocycles. The SMILES string of the molecule is Cc1cnc(C(C)NC(C)c2c(F)cccc2F)s1. The molecule has 2 atom stereocenters. The van der Waals surface area contributed by atoms with Gasteiger partial charge in [-0.15, -0.1) is 11.3 Å². The van der Waals surface area contributed by atoms with Gasteiger partial charge in [0.15, 0.2) is 0 Å². The lowest BCUT2D eigenvalue weighted by Crippen LogP contribution is -2.24. The van der Waals surface area contributed by atoms with Crippen molar-refractivity contribution >= 4 is 11.3 Å². The Hall–Kier alpha value is -1.33. The van der Waals surface area contributed by atoms with E-state index in [0.29, 0.717) is 0 Å². The van der Waals surface area contributed by atoms with Gasteiger partial charge >= 0.3 is 0 Å². The third-order valence-corrected chi connectivity index (χ3v) is 4.04. The number of benzene rings is 1. The molecule has 0 spiro atoms. The molecule has 2 aromatic rings. The minimum atomic E-state index is -0.525. The summed E-state index contributed by atoms with van der Waals surface area (Å²) in [6.07, 6.45) is 1.80. The van der Waals surface area contributed by atoms with Gasteiger partial charge in [-0.05, 0) is 32.9 Å². The lowest BCUT2D eigenvalue weighted by Gasteiger charge is -2.19. The van der Waals surface area contributed by atoms with Crippen LogP contribution in [-0.4, -0.2) is 4.98 Å². The first-order valence-electron chi connectivity index (χ1n) is 6.11. The summed E-state index contributed by atoms with van der Waals surface area (Å²) in [5.74, 6) is -1.05. The van der Waals surface area contributed by atoms with Gasteiger partial charge in [0.05, 0.1) is 6.04 Å². The van der Waals surface area contributed by atoms with E-state index in [1.54, 1.807) is 24.5 Å². The molecule has 0 amide bonds. The summed E-state index contributed by atoms with van der Waals surface area (Å²) in [7, 11) is 0. The average molecular weight is 282 g/mol. The molecule has 0 aliphatic carbocycles. The molecule has 1 aromatic heterocycles. The average Bonchev–Trinajstić information content (AvgIpc) is 2.75.